The van der Waals surface area contributed by atoms with Crippen molar-refractivity contribution in [3.8, 4) is 22.6 Å². The van der Waals surface area contributed by atoms with Crippen molar-refractivity contribution in [2.45, 2.75) is 17.3 Å². The van der Waals surface area contributed by atoms with Gasteiger partial charge in [0, 0.05) is 41.7 Å². The van der Waals surface area contributed by atoms with Gasteiger partial charge in [-0.2, -0.15) is 0 Å². The summed E-state index contributed by atoms with van der Waals surface area (Å²) in [6.07, 6.45) is 3.48. The van der Waals surface area contributed by atoms with E-state index in [9.17, 15) is 0 Å². The molecular formula is C19H16ClN5OS. The third-order valence-electron chi connectivity index (χ3n) is 4.11. The van der Waals surface area contributed by atoms with E-state index in [4.69, 9.17) is 16.1 Å². The minimum absolute atomic E-state index is 0.0265. The second-order valence-electron chi connectivity index (χ2n) is 5.99. The smallest absolute Gasteiger partial charge is 0.191 e. The molecule has 136 valence electrons. The average Bonchev–Trinajstić information content (AvgIpc) is 3.31. The van der Waals surface area contributed by atoms with Crippen LogP contribution < -0.4 is 0 Å². The van der Waals surface area contributed by atoms with Crippen molar-refractivity contribution >= 4 is 23.4 Å². The summed E-state index contributed by atoms with van der Waals surface area (Å²) in [5.41, 5.74) is 2.66. The first kappa shape index (κ1) is 17.8. The molecule has 8 heteroatoms. The third kappa shape index (κ3) is 3.74. The Balaban J connectivity index is 1.53. The number of pyridine rings is 1. The molecule has 0 aliphatic rings. The highest BCUT2D eigenvalue weighted by atomic mass is 35.5. The molecule has 3 heterocycles. The molecule has 3 aromatic heterocycles. The van der Waals surface area contributed by atoms with Gasteiger partial charge in [0.05, 0.1) is 5.25 Å². The van der Waals surface area contributed by atoms with Gasteiger partial charge in [0.15, 0.2) is 16.7 Å². The fourth-order valence-corrected chi connectivity index (χ4v) is 3.72. The number of nitrogens with zero attached hydrogens (tertiary/aromatic N) is 5. The largest absolute Gasteiger partial charge is 0.360 e. The number of hydrogen-bond donors (Lipinski definition) is 0. The highest BCUT2D eigenvalue weighted by Gasteiger charge is 2.19. The van der Waals surface area contributed by atoms with Crippen LogP contribution >= 0.6 is 23.4 Å². The van der Waals surface area contributed by atoms with E-state index < -0.39 is 0 Å². The molecular weight excluding hydrogens is 382 g/mol. The van der Waals surface area contributed by atoms with E-state index in [1.165, 1.54) is 0 Å². The lowest BCUT2D eigenvalue weighted by Gasteiger charge is -2.07. The van der Waals surface area contributed by atoms with Crippen LogP contribution in [0.25, 0.3) is 22.6 Å². The second-order valence-corrected chi connectivity index (χ2v) is 7.73. The molecule has 4 rings (SSSR count). The number of hydrogen-bond acceptors (Lipinski definition) is 6. The molecule has 4 aromatic rings. The Hall–Kier alpha value is -2.64. The van der Waals surface area contributed by atoms with E-state index in [2.05, 4.69) is 20.3 Å². The van der Waals surface area contributed by atoms with Gasteiger partial charge in [-0.1, -0.05) is 40.7 Å². The van der Waals surface area contributed by atoms with Gasteiger partial charge in [-0.3, -0.25) is 4.98 Å². The van der Waals surface area contributed by atoms with E-state index in [1.54, 1.807) is 24.2 Å². The van der Waals surface area contributed by atoms with Gasteiger partial charge >= 0.3 is 0 Å². The van der Waals surface area contributed by atoms with Gasteiger partial charge in [-0.15, -0.1) is 10.2 Å². The topological polar surface area (TPSA) is 69.6 Å². The molecule has 0 amide bonds. The molecule has 1 unspecified atom stereocenters. The van der Waals surface area contributed by atoms with Crippen molar-refractivity contribution in [3.63, 3.8) is 0 Å². The first-order valence-corrected chi connectivity index (χ1v) is 9.56. The van der Waals surface area contributed by atoms with Crippen LogP contribution in [-0.4, -0.2) is 24.9 Å². The maximum Gasteiger partial charge on any atom is 0.191 e. The zero-order valence-electron chi connectivity index (χ0n) is 14.7. The van der Waals surface area contributed by atoms with Crippen LogP contribution in [0.4, 0.5) is 0 Å². The molecule has 0 saturated heterocycles. The van der Waals surface area contributed by atoms with Crippen LogP contribution in [-0.2, 0) is 7.05 Å². The van der Waals surface area contributed by atoms with Gasteiger partial charge < -0.3 is 9.09 Å². The van der Waals surface area contributed by atoms with Crippen LogP contribution in [0.3, 0.4) is 0 Å². The fraction of sp³-hybridized carbons (Fsp3) is 0.158. The van der Waals surface area contributed by atoms with Gasteiger partial charge in [0.1, 0.15) is 5.69 Å². The van der Waals surface area contributed by atoms with Crippen LogP contribution in [0.2, 0.25) is 5.02 Å². The van der Waals surface area contributed by atoms with Crippen LogP contribution in [0.1, 0.15) is 17.9 Å². The van der Waals surface area contributed by atoms with Crippen molar-refractivity contribution in [1.82, 2.24) is 24.9 Å². The molecule has 0 N–H and O–H groups in total. The summed E-state index contributed by atoms with van der Waals surface area (Å²) in [4.78, 5) is 4.04. The molecule has 0 fully saturated rings. The number of aromatic nitrogens is 5. The van der Waals surface area contributed by atoms with Crippen LogP contribution in [0.5, 0.6) is 0 Å². The second kappa shape index (κ2) is 7.54. The van der Waals surface area contributed by atoms with Crippen LogP contribution in [0, 0.1) is 0 Å². The monoisotopic (exact) mass is 397 g/mol. The molecule has 0 radical (unpaired) electrons. The lowest BCUT2D eigenvalue weighted by atomic mass is 10.1. The highest BCUT2D eigenvalue weighted by Crippen LogP contribution is 2.36. The lowest BCUT2D eigenvalue weighted by molar-refractivity contribution is 0.387. The number of benzene rings is 1. The van der Waals surface area contributed by atoms with Crippen molar-refractivity contribution in [3.05, 3.63) is 65.6 Å². The van der Waals surface area contributed by atoms with Gasteiger partial charge in [-0.05, 0) is 31.2 Å². The molecule has 0 aliphatic heterocycles. The van der Waals surface area contributed by atoms with Gasteiger partial charge in [-0.25, -0.2) is 0 Å². The maximum atomic E-state index is 6.06. The predicted molar refractivity (Wildman–Crippen MR) is 105 cm³/mol. The molecule has 0 spiro atoms. The fourth-order valence-electron chi connectivity index (χ4n) is 2.65. The molecule has 1 atom stereocenters. The van der Waals surface area contributed by atoms with Crippen molar-refractivity contribution in [1.29, 1.82) is 0 Å². The van der Waals surface area contributed by atoms with E-state index in [0.717, 1.165) is 33.6 Å². The van der Waals surface area contributed by atoms with E-state index in [1.807, 2.05) is 61.0 Å². The minimum atomic E-state index is 0.0265. The first-order chi connectivity index (χ1) is 13.1. The summed E-state index contributed by atoms with van der Waals surface area (Å²) in [5, 5.41) is 14.3. The molecule has 1 aromatic carbocycles. The highest BCUT2D eigenvalue weighted by molar-refractivity contribution is 7.99. The van der Waals surface area contributed by atoms with Crippen molar-refractivity contribution in [2.24, 2.45) is 7.05 Å². The zero-order valence-corrected chi connectivity index (χ0v) is 16.3. The summed E-state index contributed by atoms with van der Waals surface area (Å²) < 4.78 is 7.51. The number of halogens is 1. The Kier molecular flexibility index (Phi) is 4.96. The first-order valence-electron chi connectivity index (χ1n) is 8.31. The zero-order chi connectivity index (χ0) is 18.8. The summed E-state index contributed by atoms with van der Waals surface area (Å²) in [5.74, 6) is 1.56. The minimum Gasteiger partial charge on any atom is -0.360 e. The average molecular weight is 398 g/mol. The van der Waals surface area contributed by atoms with E-state index in [-0.39, 0.29) is 5.25 Å². The molecule has 27 heavy (non-hydrogen) atoms. The van der Waals surface area contributed by atoms with Gasteiger partial charge in [0.25, 0.3) is 0 Å². The van der Waals surface area contributed by atoms with Crippen LogP contribution in [0.15, 0.2) is 64.5 Å². The SMILES string of the molecule is CC(Sc1nnc(-c2ccncc2)n1C)c1cc(-c2cccc(Cl)c2)no1. The van der Waals surface area contributed by atoms with E-state index in [0.29, 0.717) is 5.02 Å². The number of rotatable bonds is 5. The summed E-state index contributed by atoms with van der Waals surface area (Å²) >= 11 is 7.62. The van der Waals surface area contributed by atoms with Crippen molar-refractivity contribution < 1.29 is 4.52 Å². The third-order valence-corrected chi connectivity index (χ3v) is 5.49. The predicted octanol–water partition coefficient (Wildman–Crippen LogP) is 5.04. The number of thioether (sulfide) groups is 1. The lowest BCUT2D eigenvalue weighted by Crippen LogP contribution is -1.96. The normalized spacial score (nSPS) is 12.3. The Labute approximate surface area is 165 Å². The standard InChI is InChI=1S/C19H16ClN5OS/c1-12(17-11-16(24-26-17)14-4-3-5-15(20)10-14)27-19-23-22-18(25(19)2)13-6-8-21-9-7-13/h3-12H,1-2H3. The Morgan fingerprint density at radius 3 is 2.67 bits per heavy atom. The quantitative estimate of drug-likeness (QED) is 0.439. The Morgan fingerprint density at radius 1 is 1.07 bits per heavy atom. The Bertz CT molecular complexity index is 1060. The van der Waals surface area contributed by atoms with E-state index >= 15 is 0 Å². The Morgan fingerprint density at radius 2 is 1.89 bits per heavy atom. The molecule has 0 saturated carbocycles. The summed E-state index contributed by atoms with van der Waals surface area (Å²) in [6, 6.07) is 13.3. The van der Waals surface area contributed by atoms with Gasteiger partial charge in [0.2, 0.25) is 0 Å². The summed E-state index contributed by atoms with van der Waals surface area (Å²) in [7, 11) is 1.95. The molecule has 6 nitrogen and oxygen atoms in total. The summed E-state index contributed by atoms with van der Waals surface area (Å²) in [6.45, 7) is 2.05. The molecule has 0 bridgehead atoms. The van der Waals surface area contributed by atoms with Crippen molar-refractivity contribution in [2.75, 3.05) is 0 Å². The molecule has 0 aliphatic carbocycles. The maximum absolute atomic E-state index is 6.06.